The summed E-state index contributed by atoms with van der Waals surface area (Å²) in [5, 5.41) is 15.5. The Bertz CT molecular complexity index is 929. The molecule has 1 heterocycles. The molecular weight excluding hydrogens is 370 g/mol. The third-order valence-electron chi connectivity index (χ3n) is 4.00. The maximum atomic E-state index is 12.9. The SMILES string of the molecule is O=C(Nc1ccc([N+](=O)[O-])cc1Cl)[C@H]([NH2+]Cc1ccco1)c1ccccc1. The van der Waals surface area contributed by atoms with Gasteiger partial charge in [0.1, 0.15) is 6.54 Å². The molecule has 3 N–H and O–H groups in total. The summed E-state index contributed by atoms with van der Waals surface area (Å²) in [6, 6.07) is 16.3. The van der Waals surface area contributed by atoms with Gasteiger partial charge in [-0.05, 0) is 18.2 Å². The van der Waals surface area contributed by atoms with E-state index in [0.717, 1.165) is 11.3 Å². The van der Waals surface area contributed by atoms with Gasteiger partial charge in [-0.1, -0.05) is 41.9 Å². The first kappa shape index (κ1) is 18.6. The Morgan fingerprint density at radius 3 is 2.59 bits per heavy atom. The maximum Gasteiger partial charge on any atom is 0.287 e. The molecule has 0 radical (unpaired) electrons. The van der Waals surface area contributed by atoms with Gasteiger partial charge >= 0.3 is 0 Å². The van der Waals surface area contributed by atoms with Gasteiger partial charge in [0, 0.05) is 17.7 Å². The highest BCUT2D eigenvalue weighted by atomic mass is 35.5. The summed E-state index contributed by atoms with van der Waals surface area (Å²) in [4.78, 5) is 23.2. The highest BCUT2D eigenvalue weighted by Gasteiger charge is 2.25. The number of non-ortho nitro benzene ring substituents is 1. The van der Waals surface area contributed by atoms with Crippen molar-refractivity contribution in [3.05, 3.63) is 93.4 Å². The first-order chi connectivity index (χ1) is 13.0. The lowest BCUT2D eigenvalue weighted by molar-refractivity contribution is -0.699. The molecule has 1 atom stereocenters. The van der Waals surface area contributed by atoms with Gasteiger partial charge < -0.3 is 15.1 Å². The van der Waals surface area contributed by atoms with Gasteiger partial charge in [-0.15, -0.1) is 0 Å². The van der Waals surface area contributed by atoms with Crippen LogP contribution < -0.4 is 10.6 Å². The summed E-state index contributed by atoms with van der Waals surface area (Å²) < 4.78 is 5.32. The number of halogens is 1. The van der Waals surface area contributed by atoms with Crippen molar-refractivity contribution in [2.75, 3.05) is 5.32 Å². The lowest BCUT2D eigenvalue weighted by Gasteiger charge is -2.16. The molecular formula is C19H17ClN3O4+. The smallest absolute Gasteiger partial charge is 0.287 e. The second-order valence-corrected chi connectivity index (χ2v) is 6.23. The Morgan fingerprint density at radius 2 is 1.96 bits per heavy atom. The summed E-state index contributed by atoms with van der Waals surface area (Å²) >= 11 is 6.08. The van der Waals surface area contributed by atoms with Gasteiger partial charge in [-0.25, -0.2) is 0 Å². The number of carbonyl (C=O) groups excluding carboxylic acids is 1. The molecule has 8 heteroatoms. The molecule has 2 aromatic carbocycles. The number of nitrogens with two attached hydrogens (primary N) is 1. The van der Waals surface area contributed by atoms with Crippen LogP contribution in [0.15, 0.2) is 71.3 Å². The lowest BCUT2D eigenvalue weighted by Crippen LogP contribution is -2.85. The van der Waals surface area contributed by atoms with E-state index in [1.165, 1.54) is 18.2 Å². The second kappa shape index (κ2) is 8.48. The van der Waals surface area contributed by atoms with Crippen molar-refractivity contribution in [2.24, 2.45) is 0 Å². The molecule has 1 amide bonds. The molecule has 1 aromatic heterocycles. The zero-order valence-corrected chi connectivity index (χ0v) is 14.9. The summed E-state index contributed by atoms with van der Waals surface area (Å²) in [6.07, 6.45) is 1.58. The largest absolute Gasteiger partial charge is 0.463 e. The van der Waals surface area contributed by atoms with E-state index in [1.54, 1.807) is 12.3 Å². The van der Waals surface area contributed by atoms with Crippen LogP contribution in [0.4, 0.5) is 11.4 Å². The molecule has 0 saturated heterocycles. The topological polar surface area (TPSA) is 102 Å². The monoisotopic (exact) mass is 386 g/mol. The van der Waals surface area contributed by atoms with Gasteiger partial charge in [0.15, 0.2) is 11.8 Å². The van der Waals surface area contributed by atoms with E-state index in [2.05, 4.69) is 5.32 Å². The molecule has 0 fully saturated rings. The number of carbonyl (C=O) groups is 1. The average Bonchev–Trinajstić information content (AvgIpc) is 3.18. The molecule has 0 spiro atoms. The molecule has 0 bridgehead atoms. The van der Waals surface area contributed by atoms with Crippen LogP contribution in [0.2, 0.25) is 5.02 Å². The predicted octanol–water partition coefficient (Wildman–Crippen LogP) is 3.28. The van der Waals surface area contributed by atoms with Gasteiger partial charge in [0.25, 0.3) is 11.6 Å². The minimum atomic E-state index is -0.540. The predicted molar refractivity (Wildman–Crippen MR) is 100 cm³/mol. The fraction of sp³-hybridized carbons (Fsp3) is 0.105. The lowest BCUT2D eigenvalue weighted by atomic mass is 10.1. The van der Waals surface area contributed by atoms with Gasteiger partial charge in [-0.3, -0.25) is 14.9 Å². The summed E-state index contributed by atoms with van der Waals surface area (Å²) in [5.41, 5.74) is 1.00. The standard InChI is InChI=1S/C19H16ClN3O4/c20-16-11-14(23(25)26)8-9-17(16)22-19(24)18(13-5-2-1-3-6-13)21-12-15-7-4-10-27-15/h1-11,18,21H,12H2,(H,22,24)/p+1/t18-/m1/s1. The van der Waals surface area contributed by atoms with Crippen LogP contribution in [0.1, 0.15) is 17.4 Å². The number of hydrogen-bond donors (Lipinski definition) is 2. The van der Waals surface area contributed by atoms with Crippen LogP contribution in [-0.4, -0.2) is 10.8 Å². The Hall–Kier alpha value is -3.16. The number of quaternary nitrogens is 1. The average molecular weight is 387 g/mol. The van der Waals surface area contributed by atoms with Crippen LogP contribution in [0.3, 0.4) is 0 Å². The Kier molecular flexibility index (Phi) is 5.85. The van der Waals surface area contributed by atoms with Crippen molar-refractivity contribution in [1.29, 1.82) is 0 Å². The van der Waals surface area contributed by atoms with Gasteiger partial charge in [0.05, 0.1) is 21.9 Å². The van der Waals surface area contributed by atoms with E-state index in [-0.39, 0.29) is 16.6 Å². The van der Waals surface area contributed by atoms with E-state index in [1.807, 2.05) is 41.7 Å². The van der Waals surface area contributed by atoms with Crippen LogP contribution in [0.25, 0.3) is 0 Å². The number of furan rings is 1. The highest BCUT2D eigenvalue weighted by Crippen LogP contribution is 2.27. The van der Waals surface area contributed by atoms with Crippen LogP contribution in [0.5, 0.6) is 0 Å². The Morgan fingerprint density at radius 1 is 1.19 bits per heavy atom. The quantitative estimate of drug-likeness (QED) is 0.480. The summed E-state index contributed by atoms with van der Waals surface area (Å²) in [7, 11) is 0. The number of anilines is 1. The summed E-state index contributed by atoms with van der Waals surface area (Å²) in [5.74, 6) is 0.459. The molecule has 0 aliphatic heterocycles. The van der Waals surface area contributed by atoms with Crippen LogP contribution in [-0.2, 0) is 11.3 Å². The molecule has 138 valence electrons. The van der Waals surface area contributed by atoms with Crippen molar-refractivity contribution in [2.45, 2.75) is 12.6 Å². The molecule has 3 rings (SSSR count). The van der Waals surface area contributed by atoms with E-state index in [0.29, 0.717) is 12.2 Å². The number of hydrogen-bond acceptors (Lipinski definition) is 4. The van der Waals surface area contributed by atoms with E-state index < -0.39 is 11.0 Å². The normalized spacial score (nSPS) is 11.7. The fourth-order valence-electron chi connectivity index (χ4n) is 2.65. The zero-order valence-electron chi connectivity index (χ0n) is 14.2. The number of benzene rings is 2. The molecule has 0 aliphatic carbocycles. The molecule has 3 aromatic rings. The van der Waals surface area contributed by atoms with Crippen molar-refractivity contribution < 1.29 is 19.5 Å². The Labute approximate surface area is 160 Å². The first-order valence-electron chi connectivity index (χ1n) is 8.20. The molecule has 7 nitrogen and oxygen atoms in total. The van der Waals surface area contributed by atoms with Gasteiger partial charge in [-0.2, -0.15) is 0 Å². The summed E-state index contributed by atoms with van der Waals surface area (Å²) in [6.45, 7) is 0.480. The maximum absolute atomic E-state index is 12.9. The first-order valence-corrected chi connectivity index (χ1v) is 8.58. The van der Waals surface area contributed by atoms with E-state index in [9.17, 15) is 14.9 Å². The van der Waals surface area contributed by atoms with E-state index in [4.69, 9.17) is 16.0 Å². The third kappa shape index (κ3) is 4.72. The van der Waals surface area contributed by atoms with Crippen molar-refractivity contribution >= 4 is 28.9 Å². The van der Waals surface area contributed by atoms with Crippen molar-refractivity contribution in [3.8, 4) is 0 Å². The number of nitro benzene ring substituents is 1. The van der Waals surface area contributed by atoms with Crippen molar-refractivity contribution in [3.63, 3.8) is 0 Å². The van der Waals surface area contributed by atoms with E-state index >= 15 is 0 Å². The number of amides is 1. The number of nitrogens with zero attached hydrogens (tertiary/aromatic N) is 1. The van der Waals surface area contributed by atoms with Gasteiger partial charge in [0.2, 0.25) is 0 Å². The minimum Gasteiger partial charge on any atom is -0.463 e. The number of nitrogens with one attached hydrogen (secondary N) is 1. The van der Waals surface area contributed by atoms with Crippen LogP contribution in [0, 0.1) is 10.1 Å². The minimum absolute atomic E-state index is 0.107. The second-order valence-electron chi connectivity index (χ2n) is 5.82. The number of rotatable bonds is 7. The zero-order chi connectivity index (χ0) is 19.2. The third-order valence-corrected chi connectivity index (χ3v) is 4.31. The molecule has 0 aliphatic rings. The number of nitro groups is 1. The fourth-order valence-corrected chi connectivity index (χ4v) is 2.87. The molecule has 27 heavy (non-hydrogen) atoms. The Balaban J connectivity index is 1.79. The molecule has 0 saturated carbocycles. The van der Waals surface area contributed by atoms with Crippen LogP contribution >= 0.6 is 11.6 Å². The molecule has 0 unspecified atom stereocenters. The van der Waals surface area contributed by atoms with Crippen molar-refractivity contribution in [1.82, 2.24) is 0 Å². The highest BCUT2D eigenvalue weighted by molar-refractivity contribution is 6.34.